The third-order valence-electron chi connectivity index (χ3n) is 3.89. The topological polar surface area (TPSA) is 29.1 Å². The van der Waals surface area contributed by atoms with Crippen LogP contribution in [0.5, 0.6) is 0 Å². The molecular formula is C19H29NO. The second-order valence-electron chi connectivity index (χ2n) is 5.71. The molecule has 2 nitrogen and oxygen atoms in total. The maximum absolute atomic E-state index is 12.4. The van der Waals surface area contributed by atoms with Gasteiger partial charge in [-0.25, -0.2) is 0 Å². The number of amides is 1. The Hall–Kier alpha value is -1.57. The summed E-state index contributed by atoms with van der Waals surface area (Å²) in [5.41, 5.74) is 1.15. The Balaban J connectivity index is 2.49. The number of hydrogen-bond donors (Lipinski definition) is 1. The molecule has 0 fully saturated rings. The van der Waals surface area contributed by atoms with Crippen LogP contribution in [0.1, 0.15) is 64.0 Å². The highest BCUT2D eigenvalue weighted by Gasteiger charge is 2.18. The lowest BCUT2D eigenvalue weighted by Gasteiger charge is -2.19. The van der Waals surface area contributed by atoms with Gasteiger partial charge in [-0.05, 0) is 25.3 Å². The number of rotatable bonds is 10. The Kier molecular flexibility index (Phi) is 8.49. The van der Waals surface area contributed by atoms with Gasteiger partial charge in [0.05, 0.1) is 6.04 Å². The van der Waals surface area contributed by atoms with Gasteiger partial charge >= 0.3 is 0 Å². The molecule has 21 heavy (non-hydrogen) atoms. The zero-order valence-electron chi connectivity index (χ0n) is 13.5. The standard InChI is InChI=1S/C19H29NO/c1-4-6-7-9-15-18(12-5-2)19(21)20-16(3)17-13-10-8-11-14-17/h5,8,10-11,13-14,16,18H,2,4,6-7,9,12,15H2,1,3H3,(H,20,21). The smallest absolute Gasteiger partial charge is 0.223 e. The first kappa shape index (κ1) is 17.5. The maximum Gasteiger partial charge on any atom is 0.223 e. The quantitative estimate of drug-likeness (QED) is 0.475. The van der Waals surface area contributed by atoms with E-state index in [1.54, 1.807) is 0 Å². The van der Waals surface area contributed by atoms with Crippen LogP contribution in [-0.4, -0.2) is 5.91 Å². The Bertz CT molecular complexity index is 413. The average Bonchev–Trinajstić information content (AvgIpc) is 2.51. The molecule has 0 saturated heterocycles. The number of hydrogen-bond acceptors (Lipinski definition) is 1. The summed E-state index contributed by atoms with van der Waals surface area (Å²) >= 11 is 0. The molecule has 0 saturated carbocycles. The third-order valence-corrected chi connectivity index (χ3v) is 3.89. The molecule has 2 atom stereocenters. The lowest BCUT2D eigenvalue weighted by Crippen LogP contribution is -2.32. The molecule has 0 aliphatic carbocycles. The van der Waals surface area contributed by atoms with Crippen molar-refractivity contribution in [1.82, 2.24) is 5.32 Å². The van der Waals surface area contributed by atoms with Crippen LogP contribution in [0, 0.1) is 5.92 Å². The molecule has 1 rings (SSSR count). The van der Waals surface area contributed by atoms with Crippen molar-refractivity contribution >= 4 is 5.91 Å². The van der Waals surface area contributed by atoms with E-state index in [0.717, 1.165) is 24.8 Å². The number of carbonyl (C=O) groups is 1. The third kappa shape index (κ3) is 6.61. The number of allylic oxidation sites excluding steroid dienone is 1. The van der Waals surface area contributed by atoms with Crippen molar-refractivity contribution in [2.45, 2.75) is 58.4 Å². The van der Waals surface area contributed by atoms with Gasteiger partial charge in [0.15, 0.2) is 0 Å². The molecule has 0 spiro atoms. The van der Waals surface area contributed by atoms with Crippen molar-refractivity contribution in [3.8, 4) is 0 Å². The van der Waals surface area contributed by atoms with Crippen LogP contribution < -0.4 is 5.32 Å². The van der Waals surface area contributed by atoms with Crippen LogP contribution in [0.3, 0.4) is 0 Å². The van der Waals surface area contributed by atoms with E-state index >= 15 is 0 Å². The highest BCUT2D eigenvalue weighted by atomic mass is 16.1. The van der Waals surface area contributed by atoms with E-state index in [4.69, 9.17) is 0 Å². The van der Waals surface area contributed by atoms with Crippen molar-refractivity contribution in [3.63, 3.8) is 0 Å². The lowest BCUT2D eigenvalue weighted by molar-refractivity contribution is -0.125. The monoisotopic (exact) mass is 287 g/mol. The van der Waals surface area contributed by atoms with Crippen molar-refractivity contribution < 1.29 is 4.79 Å². The first-order valence-electron chi connectivity index (χ1n) is 8.15. The summed E-state index contributed by atoms with van der Waals surface area (Å²) in [5.74, 6) is 0.216. The van der Waals surface area contributed by atoms with Crippen molar-refractivity contribution in [1.29, 1.82) is 0 Å². The van der Waals surface area contributed by atoms with Gasteiger partial charge in [-0.15, -0.1) is 6.58 Å². The molecule has 0 aliphatic rings. The van der Waals surface area contributed by atoms with Gasteiger partial charge in [0.2, 0.25) is 5.91 Å². The summed E-state index contributed by atoms with van der Waals surface area (Å²) in [7, 11) is 0. The normalized spacial score (nSPS) is 13.4. The molecule has 0 aliphatic heterocycles. The first-order chi connectivity index (χ1) is 10.2. The molecule has 1 aromatic carbocycles. The van der Waals surface area contributed by atoms with Crippen LogP contribution in [-0.2, 0) is 4.79 Å². The number of unbranched alkanes of at least 4 members (excludes halogenated alkanes) is 3. The zero-order chi connectivity index (χ0) is 15.5. The van der Waals surface area contributed by atoms with Gasteiger partial charge in [0.1, 0.15) is 0 Å². The van der Waals surface area contributed by atoms with Crippen LogP contribution in [0.4, 0.5) is 0 Å². The fourth-order valence-electron chi connectivity index (χ4n) is 2.53. The number of carbonyl (C=O) groups excluding carboxylic acids is 1. The summed E-state index contributed by atoms with van der Waals surface area (Å²) in [4.78, 5) is 12.4. The molecule has 1 amide bonds. The average molecular weight is 287 g/mol. The first-order valence-corrected chi connectivity index (χ1v) is 8.15. The highest BCUT2D eigenvalue weighted by molar-refractivity contribution is 5.79. The molecule has 0 radical (unpaired) electrons. The van der Waals surface area contributed by atoms with Gasteiger partial charge in [-0.3, -0.25) is 4.79 Å². The summed E-state index contributed by atoms with van der Waals surface area (Å²) in [6, 6.07) is 10.2. The Morgan fingerprint density at radius 3 is 2.57 bits per heavy atom. The molecule has 116 valence electrons. The number of nitrogens with one attached hydrogen (secondary N) is 1. The van der Waals surface area contributed by atoms with Crippen molar-refractivity contribution in [2.75, 3.05) is 0 Å². The van der Waals surface area contributed by atoms with Crippen LogP contribution >= 0.6 is 0 Å². The van der Waals surface area contributed by atoms with Crippen LogP contribution in [0.2, 0.25) is 0 Å². The molecule has 0 aromatic heterocycles. The zero-order valence-corrected chi connectivity index (χ0v) is 13.5. The minimum absolute atomic E-state index is 0.0571. The predicted octanol–water partition coefficient (Wildman–Crippen LogP) is 5.03. The molecular weight excluding hydrogens is 258 g/mol. The molecule has 1 N–H and O–H groups in total. The van der Waals surface area contributed by atoms with E-state index in [0.29, 0.717) is 0 Å². The molecule has 0 bridgehead atoms. The Labute approximate surface area is 129 Å². The van der Waals surface area contributed by atoms with Crippen molar-refractivity contribution in [2.24, 2.45) is 5.92 Å². The summed E-state index contributed by atoms with van der Waals surface area (Å²) in [5, 5.41) is 3.14. The summed E-state index contributed by atoms with van der Waals surface area (Å²) in [6.45, 7) is 8.03. The van der Waals surface area contributed by atoms with E-state index in [1.807, 2.05) is 31.2 Å². The molecule has 1 aromatic rings. The fraction of sp³-hybridized carbons (Fsp3) is 0.526. The van der Waals surface area contributed by atoms with E-state index in [1.165, 1.54) is 19.3 Å². The maximum atomic E-state index is 12.4. The molecule has 2 heteroatoms. The van der Waals surface area contributed by atoms with Gasteiger partial charge in [0, 0.05) is 5.92 Å². The predicted molar refractivity (Wildman–Crippen MR) is 90.1 cm³/mol. The second kappa shape index (κ2) is 10.2. The summed E-state index contributed by atoms with van der Waals surface area (Å²) in [6.07, 6.45) is 8.40. The second-order valence-corrected chi connectivity index (χ2v) is 5.71. The van der Waals surface area contributed by atoms with E-state index in [-0.39, 0.29) is 17.9 Å². The summed E-state index contributed by atoms with van der Waals surface area (Å²) < 4.78 is 0. The molecule has 2 unspecified atom stereocenters. The highest BCUT2D eigenvalue weighted by Crippen LogP contribution is 2.18. The lowest BCUT2D eigenvalue weighted by atomic mass is 9.96. The fourth-order valence-corrected chi connectivity index (χ4v) is 2.53. The van der Waals surface area contributed by atoms with E-state index < -0.39 is 0 Å². The van der Waals surface area contributed by atoms with Crippen LogP contribution in [0.15, 0.2) is 43.0 Å². The largest absolute Gasteiger partial charge is 0.349 e. The van der Waals surface area contributed by atoms with Gasteiger partial charge in [-0.1, -0.05) is 69.0 Å². The minimum Gasteiger partial charge on any atom is -0.349 e. The van der Waals surface area contributed by atoms with Gasteiger partial charge < -0.3 is 5.32 Å². The Morgan fingerprint density at radius 2 is 1.95 bits per heavy atom. The van der Waals surface area contributed by atoms with Crippen molar-refractivity contribution in [3.05, 3.63) is 48.6 Å². The van der Waals surface area contributed by atoms with Crippen LogP contribution in [0.25, 0.3) is 0 Å². The minimum atomic E-state index is 0.0571. The number of benzene rings is 1. The van der Waals surface area contributed by atoms with Gasteiger partial charge in [-0.2, -0.15) is 0 Å². The van der Waals surface area contributed by atoms with Gasteiger partial charge in [0.25, 0.3) is 0 Å². The van der Waals surface area contributed by atoms with E-state index in [2.05, 4.69) is 31.0 Å². The van der Waals surface area contributed by atoms with E-state index in [9.17, 15) is 4.79 Å². The Morgan fingerprint density at radius 1 is 1.24 bits per heavy atom. The SMILES string of the molecule is C=CCC(CCCCCC)C(=O)NC(C)c1ccccc1. The molecule has 0 heterocycles.